The Morgan fingerprint density at radius 1 is 1.40 bits per heavy atom. The van der Waals surface area contributed by atoms with Crippen molar-refractivity contribution in [2.75, 3.05) is 7.11 Å². The zero-order chi connectivity index (χ0) is 14.5. The monoisotopic (exact) mass is 354 g/mol. The lowest BCUT2D eigenvalue weighted by Crippen LogP contribution is -2.07. The van der Waals surface area contributed by atoms with Gasteiger partial charge in [0.25, 0.3) is 0 Å². The lowest BCUT2D eigenvalue weighted by Gasteiger charge is -2.08. The molecule has 0 aliphatic rings. The molecule has 0 amide bonds. The van der Waals surface area contributed by atoms with Gasteiger partial charge < -0.3 is 9.94 Å². The van der Waals surface area contributed by atoms with Gasteiger partial charge in [-0.25, -0.2) is 4.98 Å². The Kier molecular flexibility index (Phi) is 4.98. The van der Waals surface area contributed by atoms with Crippen LogP contribution in [0.1, 0.15) is 11.3 Å². The van der Waals surface area contributed by atoms with Gasteiger partial charge in [-0.15, -0.1) is 0 Å². The van der Waals surface area contributed by atoms with E-state index in [9.17, 15) is 5.21 Å². The molecule has 0 spiro atoms. The van der Waals surface area contributed by atoms with Gasteiger partial charge in [-0.2, -0.15) is 0 Å². The summed E-state index contributed by atoms with van der Waals surface area (Å²) in [5.41, 5.74) is 2.02. The Morgan fingerprint density at radius 3 is 2.80 bits per heavy atom. The maximum absolute atomic E-state index is 9.21. The zero-order valence-corrected chi connectivity index (χ0v) is 13.0. The maximum atomic E-state index is 9.21. The number of halogens is 2. The summed E-state index contributed by atoms with van der Waals surface area (Å²) in [6.45, 7) is 0. The summed E-state index contributed by atoms with van der Waals surface area (Å²) in [4.78, 5) is 4.18. The van der Waals surface area contributed by atoms with E-state index in [0.29, 0.717) is 23.0 Å². The number of pyridine rings is 1. The molecule has 2 aromatic rings. The van der Waals surface area contributed by atoms with Crippen molar-refractivity contribution in [2.45, 2.75) is 6.42 Å². The van der Waals surface area contributed by atoms with Gasteiger partial charge in [0.1, 0.15) is 10.9 Å². The minimum Gasteiger partial charge on any atom is -0.496 e. The normalized spacial score (nSPS) is 11.4. The van der Waals surface area contributed by atoms with Crippen LogP contribution in [-0.2, 0) is 6.42 Å². The molecule has 6 heteroatoms. The summed E-state index contributed by atoms with van der Waals surface area (Å²) < 4.78 is 5.96. The molecule has 0 aliphatic heterocycles. The SMILES string of the molecule is COc1ccc(/C(Cc2cccc(Cl)n2)=N/O)cc1Br. The largest absolute Gasteiger partial charge is 0.496 e. The first kappa shape index (κ1) is 14.8. The van der Waals surface area contributed by atoms with Crippen LogP contribution in [0.4, 0.5) is 0 Å². The highest BCUT2D eigenvalue weighted by Gasteiger charge is 2.10. The number of oxime groups is 1. The number of methoxy groups -OCH3 is 1. The van der Waals surface area contributed by atoms with Crippen LogP contribution in [0.5, 0.6) is 5.75 Å². The number of ether oxygens (including phenoxy) is 1. The van der Waals surface area contributed by atoms with Gasteiger partial charge in [0, 0.05) is 17.7 Å². The van der Waals surface area contributed by atoms with E-state index >= 15 is 0 Å². The third-order valence-electron chi connectivity index (χ3n) is 2.73. The fourth-order valence-corrected chi connectivity index (χ4v) is 2.48. The molecule has 0 unspecified atom stereocenters. The number of hydrogen-bond donors (Lipinski definition) is 1. The van der Waals surface area contributed by atoms with Crippen LogP contribution in [-0.4, -0.2) is 23.0 Å². The Labute approximate surface area is 130 Å². The molecule has 0 aliphatic carbocycles. The standard InChI is InChI=1S/C14H12BrClN2O2/c1-20-13-6-5-9(7-11(13)15)12(18-19)8-10-3-2-4-14(16)17-10/h2-7,19H,8H2,1H3/b18-12+. The number of hydrogen-bond acceptors (Lipinski definition) is 4. The molecule has 20 heavy (non-hydrogen) atoms. The highest BCUT2D eigenvalue weighted by molar-refractivity contribution is 9.10. The third-order valence-corrected chi connectivity index (χ3v) is 3.56. The van der Waals surface area contributed by atoms with Crippen LogP contribution in [0.25, 0.3) is 0 Å². The first-order chi connectivity index (χ1) is 9.63. The minimum atomic E-state index is 0.385. The number of aromatic nitrogens is 1. The second-order valence-corrected chi connectivity index (χ2v) is 5.27. The average Bonchev–Trinajstić information content (AvgIpc) is 2.44. The molecular formula is C14H12BrClN2O2. The summed E-state index contributed by atoms with van der Waals surface area (Å²) in [5.74, 6) is 0.715. The van der Waals surface area contributed by atoms with Crippen molar-refractivity contribution in [3.63, 3.8) is 0 Å². The fourth-order valence-electron chi connectivity index (χ4n) is 1.76. The Bertz CT molecular complexity index is 647. The van der Waals surface area contributed by atoms with E-state index in [1.54, 1.807) is 19.2 Å². The molecule has 1 heterocycles. The third kappa shape index (κ3) is 3.49. The van der Waals surface area contributed by atoms with Crippen molar-refractivity contribution in [1.29, 1.82) is 0 Å². The van der Waals surface area contributed by atoms with Gasteiger partial charge in [-0.05, 0) is 46.3 Å². The van der Waals surface area contributed by atoms with Crippen LogP contribution >= 0.6 is 27.5 Å². The van der Waals surface area contributed by atoms with E-state index in [1.807, 2.05) is 24.3 Å². The first-order valence-corrected chi connectivity index (χ1v) is 6.97. The van der Waals surface area contributed by atoms with Crippen molar-refractivity contribution < 1.29 is 9.94 Å². The molecule has 1 aromatic heterocycles. The van der Waals surface area contributed by atoms with Crippen molar-refractivity contribution in [3.8, 4) is 5.75 Å². The predicted octanol–water partition coefficient (Wildman–Crippen LogP) is 3.93. The van der Waals surface area contributed by atoms with E-state index in [-0.39, 0.29) is 0 Å². The minimum absolute atomic E-state index is 0.385. The quantitative estimate of drug-likeness (QED) is 0.391. The van der Waals surface area contributed by atoms with E-state index in [2.05, 4.69) is 26.1 Å². The average molecular weight is 356 g/mol. The highest BCUT2D eigenvalue weighted by atomic mass is 79.9. The topological polar surface area (TPSA) is 54.7 Å². The van der Waals surface area contributed by atoms with E-state index in [1.165, 1.54) is 0 Å². The fraction of sp³-hybridized carbons (Fsp3) is 0.143. The zero-order valence-electron chi connectivity index (χ0n) is 10.7. The molecular weight excluding hydrogens is 344 g/mol. The van der Waals surface area contributed by atoms with Gasteiger partial charge in [-0.1, -0.05) is 22.8 Å². The molecule has 4 nitrogen and oxygen atoms in total. The number of rotatable bonds is 4. The van der Waals surface area contributed by atoms with Crippen LogP contribution in [0.15, 0.2) is 46.0 Å². The molecule has 0 saturated carbocycles. The molecule has 104 valence electrons. The highest BCUT2D eigenvalue weighted by Crippen LogP contribution is 2.26. The molecule has 0 atom stereocenters. The Morgan fingerprint density at radius 2 is 2.20 bits per heavy atom. The van der Waals surface area contributed by atoms with Crippen molar-refractivity contribution in [3.05, 3.63) is 57.3 Å². The molecule has 0 fully saturated rings. The van der Waals surface area contributed by atoms with Crippen LogP contribution < -0.4 is 4.74 Å². The molecule has 2 rings (SSSR count). The van der Waals surface area contributed by atoms with Gasteiger partial charge in [0.15, 0.2) is 0 Å². The smallest absolute Gasteiger partial charge is 0.133 e. The first-order valence-electron chi connectivity index (χ1n) is 5.80. The van der Waals surface area contributed by atoms with Crippen LogP contribution in [0.3, 0.4) is 0 Å². The van der Waals surface area contributed by atoms with Crippen molar-refractivity contribution in [2.24, 2.45) is 5.16 Å². The van der Waals surface area contributed by atoms with E-state index < -0.39 is 0 Å². The van der Waals surface area contributed by atoms with Gasteiger partial charge in [0.05, 0.1) is 17.3 Å². The number of nitrogens with zero attached hydrogens (tertiary/aromatic N) is 2. The molecule has 1 N–H and O–H groups in total. The van der Waals surface area contributed by atoms with Crippen LogP contribution in [0, 0.1) is 0 Å². The van der Waals surface area contributed by atoms with Gasteiger partial charge >= 0.3 is 0 Å². The Balaban J connectivity index is 2.27. The van der Waals surface area contributed by atoms with E-state index in [0.717, 1.165) is 15.7 Å². The summed E-state index contributed by atoms with van der Waals surface area (Å²) in [6, 6.07) is 10.8. The maximum Gasteiger partial charge on any atom is 0.133 e. The second-order valence-electron chi connectivity index (χ2n) is 4.02. The van der Waals surface area contributed by atoms with Gasteiger partial charge in [-0.3, -0.25) is 0 Å². The van der Waals surface area contributed by atoms with Gasteiger partial charge in [0.2, 0.25) is 0 Å². The molecule has 0 saturated heterocycles. The summed E-state index contributed by atoms with van der Waals surface area (Å²) in [6.07, 6.45) is 0.385. The lowest BCUT2D eigenvalue weighted by molar-refractivity contribution is 0.318. The molecule has 0 radical (unpaired) electrons. The van der Waals surface area contributed by atoms with Crippen LogP contribution in [0.2, 0.25) is 5.15 Å². The van der Waals surface area contributed by atoms with Crippen molar-refractivity contribution >= 4 is 33.2 Å². The molecule has 0 bridgehead atoms. The van der Waals surface area contributed by atoms with E-state index in [4.69, 9.17) is 16.3 Å². The summed E-state index contributed by atoms with van der Waals surface area (Å²) >= 11 is 9.25. The second kappa shape index (κ2) is 6.72. The summed E-state index contributed by atoms with van der Waals surface area (Å²) in [5, 5.41) is 13.0. The molecule has 1 aromatic carbocycles. The predicted molar refractivity (Wildman–Crippen MR) is 82.0 cm³/mol. The lowest BCUT2D eigenvalue weighted by atomic mass is 10.1. The Hall–Kier alpha value is -1.59. The van der Waals surface area contributed by atoms with Crippen molar-refractivity contribution in [1.82, 2.24) is 4.98 Å². The number of benzene rings is 1. The summed E-state index contributed by atoms with van der Waals surface area (Å²) in [7, 11) is 1.59.